The van der Waals surface area contributed by atoms with Crippen LogP contribution in [0.15, 0.2) is 53.4 Å². The van der Waals surface area contributed by atoms with Gasteiger partial charge in [-0.3, -0.25) is 19.7 Å². The van der Waals surface area contributed by atoms with E-state index < -0.39 is 56.5 Å². The molecule has 13 nitrogen and oxygen atoms in total. The summed E-state index contributed by atoms with van der Waals surface area (Å²) in [4.78, 5) is 47.7. The lowest BCUT2D eigenvalue weighted by molar-refractivity contribution is -0.384. The molecule has 2 aromatic rings. The molecule has 0 bridgehead atoms. The maximum absolute atomic E-state index is 13.3. The number of non-ortho nitro benzene ring substituents is 1. The Labute approximate surface area is 231 Å². The van der Waals surface area contributed by atoms with Gasteiger partial charge in [0, 0.05) is 18.6 Å². The van der Waals surface area contributed by atoms with Gasteiger partial charge in [0.2, 0.25) is 15.9 Å². The molecule has 0 radical (unpaired) electrons. The van der Waals surface area contributed by atoms with Gasteiger partial charge < -0.3 is 19.9 Å². The average Bonchev–Trinajstić information content (AvgIpc) is 3.30. The average molecular weight is 578 g/mol. The minimum Gasteiger partial charge on any atom is -0.467 e. The van der Waals surface area contributed by atoms with Crippen molar-refractivity contribution in [3.8, 4) is 5.75 Å². The number of rotatable bonds is 9. The molecule has 3 atom stereocenters. The smallest absolute Gasteiger partial charge is 0.328 e. The molecule has 1 aliphatic rings. The number of sulfonamides is 1. The zero-order valence-electron chi connectivity index (χ0n) is 22.4. The first-order valence-electron chi connectivity index (χ1n) is 12.3. The van der Waals surface area contributed by atoms with Crippen LogP contribution in [-0.4, -0.2) is 66.0 Å². The molecule has 1 amide bonds. The summed E-state index contributed by atoms with van der Waals surface area (Å²) < 4.78 is 37.3. The number of methoxy groups -OCH3 is 1. The monoisotopic (exact) mass is 577 g/mol. The number of esters is 2. The van der Waals surface area contributed by atoms with Crippen molar-refractivity contribution in [3.63, 3.8) is 0 Å². The Hall–Kier alpha value is -3.88. The summed E-state index contributed by atoms with van der Waals surface area (Å²) in [6, 6.07) is 7.82. The number of nitrogens with one attached hydrogen (secondary N) is 1. The van der Waals surface area contributed by atoms with E-state index >= 15 is 0 Å². The van der Waals surface area contributed by atoms with Crippen LogP contribution in [0.3, 0.4) is 0 Å². The normalized spacial score (nSPS) is 18.5. The van der Waals surface area contributed by atoms with Gasteiger partial charge in [-0.05, 0) is 63.4 Å². The zero-order chi connectivity index (χ0) is 29.8. The van der Waals surface area contributed by atoms with Gasteiger partial charge >= 0.3 is 11.9 Å². The molecule has 0 saturated carbocycles. The first kappa shape index (κ1) is 30.7. The van der Waals surface area contributed by atoms with E-state index in [4.69, 9.17) is 9.47 Å². The summed E-state index contributed by atoms with van der Waals surface area (Å²) in [6.45, 7) is 5.15. The quantitative estimate of drug-likeness (QED) is 0.193. The van der Waals surface area contributed by atoms with Crippen LogP contribution in [0.5, 0.6) is 5.75 Å². The molecule has 1 unspecified atom stereocenters. The fourth-order valence-electron chi connectivity index (χ4n) is 4.00. The van der Waals surface area contributed by atoms with Crippen molar-refractivity contribution in [1.82, 2.24) is 9.62 Å². The van der Waals surface area contributed by atoms with E-state index in [-0.39, 0.29) is 29.8 Å². The minimum absolute atomic E-state index is 0.0176. The van der Waals surface area contributed by atoms with Gasteiger partial charge in [-0.1, -0.05) is 12.1 Å². The number of nitro groups is 1. The minimum atomic E-state index is -4.43. The van der Waals surface area contributed by atoms with Crippen molar-refractivity contribution < 1.29 is 42.3 Å². The van der Waals surface area contributed by atoms with Crippen LogP contribution in [0.25, 0.3) is 0 Å². The third kappa shape index (κ3) is 7.00. The van der Waals surface area contributed by atoms with Crippen molar-refractivity contribution in [2.45, 2.75) is 63.2 Å². The highest BCUT2D eigenvalue weighted by Crippen LogP contribution is 2.31. The van der Waals surface area contributed by atoms with Gasteiger partial charge in [0.15, 0.2) is 0 Å². The van der Waals surface area contributed by atoms with E-state index in [0.717, 1.165) is 31.4 Å². The van der Waals surface area contributed by atoms with E-state index in [1.54, 1.807) is 45.0 Å². The molecule has 2 aromatic carbocycles. The standard InChI is InChI=1S/C26H31N3O10S/c1-26(2,3)25(33)39-18-9-5-16(6-10-18)15-20(24(32)38-4)27-23(31)21-13-14-22(30)28(21)40(36,37)19-11-7-17(8-12-19)29(34)35/h5-12,20-22,30H,13-15H2,1-4H3,(H,27,31)/t20-,21-,22?/m0/s1. The number of benzene rings is 2. The molecule has 1 fully saturated rings. The SMILES string of the molecule is COC(=O)[C@H](Cc1ccc(OC(=O)C(C)(C)C)cc1)NC(=O)[C@@H]1CCC(O)N1S(=O)(=O)c1ccc([N+](=O)[O-])cc1. The molecule has 216 valence electrons. The van der Waals surface area contributed by atoms with Gasteiger partial charge in [-0.25, -0.2) is 13.2 Å². The van der Waals surface area contributed by atoms with E-state index in [2.05, 4.69) is 5.32 Å². The number of aliphatic hydroxyl groups excluding tert-OH is 1. The van der Waals surface area contributed by atoms with Crippen LogP contribution < -0.4 is 10.1 Å². The van der Waals surface area contributed by atoms with Gasteiger partial charge in [0.1, 0.15) is 24.1 Å². The number of aliphatic hydroxyl groups is 1. The van der Waals surface area contributed by atoms with Crippen LogP contribution in [0.1, 0.15) is 39.2 Å². The summed E-state index contributed by atoms with van der Waals surface area (Å²) in [6.07, 6.45) is -1.60. The Kier molecular flexibility index (Phi) is 9.28. The molecular formula is C26H31N3O10S. The summed E-state index contributed by atoms with van der Waals surface area (Å²) in [5.74, 6) is -1.73. The predicted octanol–water partition coefficient (Wildman–Crippen LogP) is 1.92. The van der Waals surface area contributed by atoms with Crippen molar-refractivity contribution in [2.24, 2.45) is 5.41 Å². The molecule has 2 N–H and O–H groups in total. The molecule has 0 spiro atoms. The van der Waals surface area contributed by atoms with Crippen molar-refractivity contribution in [1.29, 1.82) is 0 Å². The van der Waals surface area contributed by atoms with E-state index in [0.29, 0.717) is 15.6 Å². The van der Waals surface area contributed by atoms with Crippen molar-refractivity contribution in [3.05, 3.63) is 64.2 Å². The lowest BCUT2D eigenvalue weighted by atomic mass is 9.97. The fraction of sp³-hybridized carbons (Fsp3) is 0.423. The van der Waals surface area contributed by atoms with Gasteiger partial charge in [-0.2, -0.15) is 4.31 Å². The topological polar surface area (TPSA) is 182 Å². The molecule has 1 heterocycles. The third-order valence-corrected chi connectivity index (χ3v) is 8.13. The van der Waals surface area contributed by atoms with Crippen molar-refractivity contribution in [2.75, 3.05) is 7.11 Å². The largest absolute Gasteiger partial charge is 0.467 e. The van der Waals surface area contributed by atoms with E-state index in [1.165, 1.54) is 0 Å². The fourth-order valence-corrected chi connectivity index (χ4v) is 5.68. The summed E-state index contributed by atoms with van der Waals surface area (Å²) in [5.41, 5.74) is -0.434. The summed E-state index contributed by atoms with van der Waals surface area (Å²) in [7, 11) is -3.29. The number of nitrogens with zero attached hydrogens (tertiary/aromatic N) is 2. The highest BCUT2D eigenvalue weighted by atomic mass is 32.2. The Morgan fingerprint density at radius 3 is 2.23 bits per heavy atom. The molecule has 0 aliphatic carbocycles. The number of hydrogen-bond acceptors (Lipinski definition) is 10. The van der Waals surface area contributed by atoms with Gasteiger partial charge in [-0.15, -0.1) is 0 Å². The lowest BCUT2D eigenvalue weighted by Gasteiger charge is -2.27. The first-order valence-corrected chi connectivity index (χ1v) is 13.7. The molecule has 14 heteroatoms. The second-order valence-electron chi connectivity index (χ2n) is 10.2. The summed E-state index contributed by atoms with van der Waals surface area (Å²) in [5, 5.41) is 23.9. The number of hydrogen-bond donors (Lipinski definition) is 2. The molecule has 3 rings (SSSR count). The molecule has 0 aromatic heterocycles. The van der Waals surface area contributed by atoms with E-state index in [1.807, 2.05) is 0 Å². The Morgan fingerprint density at radius 1 is 1.10 bits per heavy atom. The zero-order valence-corrected chi connectivity index (χ0v) is 23.2. The highest BCUT2D eigenvalue weighted by molar-refractivity contribution is 7.89. The van der Waals surface area contributed by atoms with E-state index in [9.17, 15) is 38.0 Å². The Balaban J connectivity index is 1.77. The molecule has 1 saturated heterocycles. The number of nitro benzene ring substituents is 1. The highest BCUT2D eigenvalue weighted by Gasteiger charge is 2.46. The number of amides is 1. The first-order chi connectivity index (χ1) is 18.6. The summed E-state index contributed by atoms with van der Waals surface area (Å²) >= 11 is 0. The maximum atomic E-state index is 13.3. The number of ether oxygens (including phenoxy) is 2. The predicted molar refractivity (Wildman–Crippen MR) is 140 cm³/mol. The van der Waals surface area contributed by atoms with Crippen LogP contribution in [-0.2, 0) is 35.6 Å². The third-order valence-electron chi connectivity index (χ3n) is 6.21. The van der Waals surface area contributed by atoms with Crippen LogP contribution in [0.4, 0.5) is 5.69 Å². The molecule has 1 aliphatic heterocycles. The Morgan fingerprint density at radius 2 is 1.70 bits per heavy atom. The van der Waals surface area contributed by atoms with Crippen LogP contribution >= 0.6 is 0 Å². The number of carbonyl (C=O) groups excluding carboxylic acids is 3. The molecular weight excluding hydrogens is 546 g/mol. The number of carbonyl (C=O) groups is 3. The van der Waals surface area contributed by atoms with Crippen LogP contribution in [0.2, 0.25) is 0 Å². The second kappa shape index (κ2) is 12.1. The van der Waals surface area contributed by atoms with Gasteiger partial charge in [0.25, 0.3) is 5.69 Å². The molecule has 40 heavy (non-hydrogen) atoms. The Bertz CT molecular complexity index is 1370. The van der Waals surface area contributed by atoms with Crippen molar-refractivity contribution >= 4 is 33.6 Å². The van der Waals surface area contributed by atoms with Crippen LogP contribution in [0, 0.1) is 15.5 Å². The maximum Gasteiger partial charge on any atom is 0.328 e. The lowest BCUT2D eigenvalue weighted by Crippen LogP contribution is -2.53. The second-order valence-corrected chi connectivity index (χ2v) is 12.1. The van der Waals surface area contributed by atoms with Gasteiger partial charge in [0.05, 0.1) is 22.3 Å².